The molecule has 1 N–H and O–H groups in total. The summed E-state index contributed by atoms with van der Waals surface area (Å²) in [6.07, 6.45) is 1.27. The standard InChI is InChI=1S/C10H17N3S/c1-6-5-7(6)11-9-13-12-8(14-9)10(2,3)4/h6-7H,5H2,1-4H3,(H,11,13). The molecule has 0 radical (unpaired) electrons. The fourth-order valence-corrected chi connectivity index (χ4v) is 2.13. The molecule has 1 aromatic rings. The van der Waals surface area contributed by atoms with E-state index >= 15 is 0 Å². The maximum Gasteiger partial charge on any atom is 0.205 e. The van der Waals surface area contributed by atoms with Crippen LogP contribution in [0.3, 0.4) is 0 Å². The van der Waals surface area contributed by atoms with Crippen LogP contribution in [0.25, 0.3) is 0 Å². The lowest BCUT2D eigenvalue weighted by Gasteiger charge is -2.12. The summed E-state index contributed by atoms with van der Waals surface area (Å²) >= 11 is 1.68. The smallest absolute Gasteiger partial charge is 0.205 e. The predicted molar refractivity (Wildman–Crippen MR) is 59.8 cm³/mol. The van der Waals surface area contributed by atoms with Crippen molar-refractivity contribution in [1.29, 1.82) is 0 Å². The first-order valence-electron chi connectivity index (χ1n) is 5.07. The fourth-order valence-electron chi connectivity index (χ4n) is 1.27. The molecule has 1 saturated carbocycles. The van der Waals surface area contributed by atoms with Gasteiger partial charge in [0.1, 0.15) is 5.01 Å². The molecule has 1 fully saturated rings. The molecule has 78 valence electrons. The van der Waals surface area contributed by atoms with Crippen LogP contribution < -0.4 is 5.32 Å². The van der Waals surface area contributed by atoms with Crippen LogP contribution in [0, 0.1) is 5.92 Å². The Bertz CT molecular complexity index is 326. The lowest BCUT2D eigenvalue weighted by molar-refractivity contribution is 0.578. The van der Waals surface area contributed by atoms with Crippen LogP contribution in [0.1, 0.15) is 39.1 Å². The topological polar surface area (TPSA) is 37.8 Å². The number of hydrogen-bond donors (Lipinski definition) is 1. The van der Waals surface area contributed by atoms with Crippen LogP contribution in [0.4, 0.5) is 5.13 Å². The molecule has 0 spiro atoms. The highest BCUT2D eigenvalue weighted by atomic mass is 32.1. The summed E-state index contributed by atoms with van der Waals surface area (Å²) in [5, 5.41) is 13.8. The monoisotopic (exact) mass is 211 g/mol. The predicted octanol–water partition coefficient (Wildman–Crippen LogP) is 2.66. The highest BCUT2D eigenvalue weighted by Crippen LogP contribution is 2.35. The Morgan fingerprint density at radius 2 is 2.00 bits per heavy atom. The molecule has 3 nitrogen and oxygen atoms in total. The van der Waals surface area contributed by atoms with Gasteiger partial charge in [-0.2, -0.15) is 0 Å². The van der Waals surface area contributed by atoms with Gasteiger partial charge in [-0.3, -0.25) is 0 Å². The fraction of sp³-hybridized carbons (Fsp3) is 0.800. The maximum atomic E-state index is 4.20. The quantitative estimate of drug-likeness (QED) is 0.817. The first-order chi connectivity index (χ1) is 6.47. The maximum absolute atomic E-state index is 4.20. The minimum absolute atomic E-state index is 0.118. The number of rotatable bonds is 2. The largest absolute Gasteiger partial charge is 0.357 e. The van der Waals surface area contributed by atoms with Crippen molar-refractivity contribution < 1.29 is 0 Å². The molecule has 4 heteroatoms. The Morgan fingerprint density at radius 1 is 1.36 bits per heavy atom. The van der Waals surface area contributed by atoms with E-state index in [0.717, 1.165) is 16.1 Å². The van der Waals surface area contributed by atoms with Crippen LogP contribution in [0.2, 0.25) is 0 Å². The molecule has 2 atom stereocenters. The van der Waals surface area contributed by atoms with Crippen molar-refractivity contribution in [2.24, 2.45) is 5.92 Å². The molecular formula is C10H17N3S. The van der Waals surface area contributed by atoms with Crippen LogP contribution in [-0.2, 0) is 5.41 Å². The Balaban J connectivity index is 2.03. The van der Waals surface area contributed by atoms with Crippen molar-refractivity contribution in [3.8, 4) is 0 Å². The van der Waals surface area contributed by atoms with Gasteiger partial charge in [0.15, 0.2) is 0 Å². The van der Waals surface area contributed by atoms with Gasteiger partial charge in [-0.25, -0.2) is 0 Å². The van der Waals surface area contributed by atoms with E-state index in [1.807, 2.05) is 0 Å². The third-order valence-corrected chi connectivity index (χ3v) is 3.77. The molecular weight excluding hydrogens is 194 g/mol. The second-order valence-corrected chi connectivity index (χ2v) is 6.10. The molecule has 0 aliphatic heterocycles. The number of hydrogen-bond acceptors (Lipinski definition) is 4. The van der Waals surface area contributed by atoms with E-state index in [1.165, 1.54) is 6.42 Å². The highest BCUT2D eigenvalue weighted by Gasteiger charge is 2.33. The Hall–Kier alpha value is -0.640. The second-order valence-electron chi connectivity index (χ2n) is 5.13. The third kappa shape index (κ3) is 2.05. The Morgan fingerprint density at radius 3 is 2.43 bits per heavy atom. The van der Waals surface area contributed by atoms with Crippen LogP contribution in [-0.4, -0.2) is 16.2 Å². The zero-order valence-corrected chi connectivity index (χ0v) is 9.98. The number of anilines is 1. The van der Waals surface area contributed by atoms with Crippen LogP contribution >= 0.6 is 11.3 Å². The molecule has 0 saturated heterocycles. The zero-order chi connectivity index (χ0) is 10.3. The van der Waals surface area contributed by atoms with E-state index in [0.29, 0.717) is 6.04 Å². The lowest BCUT2D eigenvalue weighted by Crippen LogP contribution is -2.10. The van der Waals surface area contributed by atoms with Gasteiger partial charge >= 0.3 is 0 Å². The lowest BCUT2D eigenvalue weighted by atomic mass is 9.98. The molecule has 0 amide bonds. The molecule has 0 bridgehead atoms. The SMILES string of the molecule is CC1CC1Nc1nnc(C(C)(C)C)s1. The minimum Gasteiger partial charge on any atom is -0.357 e. The first-order valence-corrected chi connectivity index (χ1v) is 5.89. The van der Waals surface area contributed by atoms with Gasteiger partial charge < -0.3 is 5.32 Å². The molecule has 2 unspecified atom stereocenters. The van der Waals surface area contributed by atoms with Gasteiger partial charge in [-0.1, -0.05) is 39.0 Å². The molecule has 0 aromatic carbocycles. The Kier molecular flexibility index (Phi) is 2.26. The van der Waals surface area contributed by atoms with Crippen molar-refractivity contribution >= 4 is 16.5 Å². The first kappa shape index (κ1) is 9.90. The molecule has 1 aliphatic carbocycles. The third-order valence-electron chi connectivity index (χ3n) is 2.48. The average Bonchev–Trinajstić information content (AvgIpc) is 2.60. The Labute approximate surface area is 88.9 Å². The summed E-state index contributed by atoms with van der Waals surface area (Å²) in [6, 6.07) is 0.635. The molecule has 1 heterocycles. The van der Waals surface area contributed by atoms with Crippen molar-refractivity contribution in [2.75, 3.05) is 5.32 Å². The van der Waals surface area contributed by atoms with Crippen molar-refractivity contribution in [3.05, 3.63) is 5.01 Å². The van der Waals surface area contributed by atoms with Gasteiger partial charge in [0.25, 0.3) is 0 Å². The van der Waals surface area contributed by atoms with E-state index in [2.05, 4.69) is 43.2 Å². The van der Waals surface area contributed by atoms with Gasteiger partial charge in [0, 0.05) is 11.5 Å². The summed E-state index contributed by atoms with van der Waals surface area (Å²) in [6.45, 7) is 8.74. The summed E-state index contributed by atoms with van der Waals surface area (Å²) in [5.74, 6) is 0.803. The van der Waals surface area contributed by atoms with E-state index < -0.39 is 0 Å². The van der Waals surface area contributed by atoms with E-state index in [-0.39, 0.29) is 5.41 Å². The summed E-state index contributed by atoms with van der Waals surface area (Å²) in [5.41, 5.74) is 0.118. The van der Waals surface area contributed by atoms with Crippen LogP contribution in [0.15, 0.2) is 0 Å². The average molecular weight is 211 g/mol. The van der Waals surface area contributed by atoms with Gasteiger partial charge in [0.05, 0.1) is 0 Å². The molecule has 14 heavy (non-hydrogen) atoms. The van der Waals surface area contributed by atoms with Gasteiger partial charge in [0.2, 0.25) is 5.13 Å². The number of nitrogens with zero attached hydrogens (tertiary/aromatic N) is 2. The van der Waals surface area contributed by atoms with E-state index in [1.54, 1.807) is 11.3 Å². The van der Waals surface area contributed by atoms with Crippen molar-refractivity contribution in [2.45, 2.75) is 45.6 Å². The summed E-state index contributed by atoms with van der Waals surface area (Å²) < 4.78 is 0. The highest BCUT2D eigenvalue weighted by molar-refractivity contribution is 7.15. The van der Waals surface area contributed by atoms with E-state index in [4.69, 9.17) is 0 Å². The van der Waals surface area contributed by atoms with Gasteiger partial charge in [-0.15, -0.1) is 10.2 Å². The van der Waals surface area contributed by atoms with Crippen molar-refractivity contribution in [3.63, 3.8) is 0 Å². The molecule has 1 aromatic heterocycles. The number of nitrogens with one attached hydrogen (secondary N) is 1. The van der Waals surface area contributed by atoms with Gasteiger partial charge in [-0.05, 0) is 12.3 Å². The van der Waals surface area contributed by atoms with Crippen molar-refractivity contribution in [1.82, 2.24) is 10.2 Å². The van der Waals surface area contributed by atoms with Crippen LogP contribution in [0.5, 0.6) is 0 Å². The molecule has 1 aliphatic rings. The summed E-state index contributed by atoms with van der Waals surface area (Å²) in [4.78, 5) is 0. The zero-order valence-electron chi connectivity index (χ0n) is 9.16. The second kappa shape index (κ2) is 3.19. The minimum atomic E-state index is 0.118. The molecule has 2 rings (SSSR count). The number of aromatic nitrogens is 2. The summed E-state index contributed by atoms with van der Waals surface area (Å²) in [7, 11) is 0. The van der Waals surface area contributed by atoms with E-state index in [9.17, 15) is 0 Å². The normalized spacial score (nSPS) is 26.3.